The van der Waals surface area contributed by atoms with E-state index in [2.05, 4.69) is 10.6 Å². The highest BCUT2D eigenvalue weighted by atomic mass is 35.5. The van der Waals surface area contributed by atoms with E-state index in [1.54, 1.807) is 6.07 Å². The number of amides is 2. The van der Waals surface area contributed by atoms with Crippen molar-refractivity contribution in [2.45, 2.75) is 26.3 Å². The molecule has 1 aliphatic heterocycles. The van der Waals surface area contributed by atoms with Crippen molar-refractivity contribution >= 4 is 29.9 Å². The van der Waals surface area contributed by atoms with Crippen LogP contribution in [0.25, 0.3) is 0 Å². The van der Waals surface area contributed by atoms with Crippen LogP contribution in [0.2, 0.25) is 0 Å². The van der Waals surface area contributed by atoms with E-state index in [4.69, 9.17) is 5.73 Å². The summed E-state index contributed by atoms with van der Waals surface area (Å²) in [5.41, 5.74) is 8.06. The summed E-state index contributed by atoms with van der Waals surface area (Å²) in [6.07, 6.45) is 0.917. The van der Waals surface area contributed by atoms with Gasteiger partial charge in [-0.1, -0.05) is 13.8 Å². The van der Waals surface area contributed by atoms with E-state index in [-0.39, 0.29) is 24.2 Å². The summed E-state index contributed by atoms with van der Waals surface area (Å²) < 4.78 is 0. The molecular weight excluding hydrogens is 278 g/mol. The smallest absolute Gasteiger partial charge is 0.251 e. The van der Waals surface area contributed by atoms with Gasteiger partial charge in [0.05, 0.1) is 0 Å². The fraction of sp³-hybridized carbons (Fsp3) is 0.429. The molecule has 1 unspecified atom stereocenters. The normalized spacial score (nSPS) is 13.9. The van der Waals surface area contributed by atoms with Crippen LogP contribution in [0.5, 0.6) is 0 Å². The quantitative estimate of drug-likeness (QED) is 0.783. The molecule has 0 bridgehead atoms. The Balaban J connectivity index is 0.00000200. The second-order valence-electron chi connectivity index (χ2n) is 5.15. The molecule has 1 aromatic rings. The highest BCUT2D eigenvalue weighted by Crippen LogP contribution is 2.23. The number of primary amides is 1. The third-order valence-corrected chi connectivity index (χ3v) is 3.34. The van der Waals surface area contributed by atoms with Crippen LogP contribution in [0.4, 0.5) is 5.69 Å². The molecule has 5 nitrogen and oxygen atoms in total. The zero-order chi connectivity index (χ0) is 14.0. The lowest BCUT2D eigenvalue weighted by molar-refractivity contribution is -0.120. The first-order valence-corrected chi connectivity index (χ1v) is 6.46. The maximum absolute atomic E-state index is 12.1. The molecular formula is C14H20ClN3O2. The predicted molar refractivity (Wildman–Crippen MR) is 81.2 cm³/mol. The molecule has 4 N–H and O–H groups in total. The standard InChI is InChI=1S/C14H19N3O2.ClH/c1-8(2)12(13(15)18)17-14(19)10-3-4-11-9(7-10)5-6-16-11;/h3-4,7-8,12,16H,5-6H2,1-2H3,(H2,15,18)(H,17,19);1H. The van der Waals surface area contributed by atoms with Gasteiger partial charge in [-0.25, -0.2) is 0 Å². The lowest BCUT2D eigenvalue weighted by atomic mass is 10.0. The van der Waals surface area contributed by atoms with Crippen molar-refractivity contribution in [2.24, 2.45) is 11.7 Å². The topological polar surface area (TPSA) is 84.2 Å². The average molecular weight is 298 g/mol. The summed E-state index contributed by atoms with van der Waals surface area (Å²) in [6.45, 7) is 4.60. The van der Waals surface area contributed by atoms with Crippen molar-refractivity contribution in [3.63, 3.8) is 0 Å². The molecule has 110 valence electrons. The zero-order valence-electron chi connectivity index (χ0n) is 11.6. The third kappa shape index (κ3) is 3.42. The Kier molecular flexibility index (Phi) is 5.39. The Bertz CT molecular complexity index is 517. The number of hydrogen-bond acceptors (Lipinski definition) is 3. The summed E-state index contributed by atoms with van der Waals surface area (Å²) in [6, 6.07) is 4.87. The van der Waals surface area contributed by atoms with Crippen LogP contribution in [0.15, 0.2) is 18.2 Å². The SMILES string of the molecule is CC(C)C(NC(=O)c1ccc2c(c1)CCN2)C(N)=O.Cl. The number of rotatable bonds is 4. The molecule has 2 amide bonds. The van der Waals surface area contributed by atoms with E-state index in [1.807, 2.05) is 26.0 Å². The summed E-state index contributed by atoms with van der Waals surface area (Å²) in [4.78, 5) is 23.4. The maximum Gasteiger partial charge on any atom is 0.251 e. The van der Waals surface area contributed by atoms with E-state index in [0.717, 1.165) is 24.2 Å². The van der Waals surface area contributed by atoms with Crippen LogP contribution in [0.1, 0.15) is 29.8 Å². The Morgan fingerprint density at radius 2 is 2.05 bits per heavy atom. The van der Waals surface area contributed by atoms with Crippen LogP contribution in [0, 0.1) is 5.92 Å². The van der Waals surface area contributed by atoms with Crippen molar-refractivity contribution in [1.29, 1.82) is 0 Å². The van der Waals surface area contributed by atoms with Crippen LogP contribution >= 0.6 is 12.4 Å². The molecule has 0 saturated heterocycles. The van der Waals surface area contributed by atoms with Gasteiger partial charge in [0.15, 0.2) is 0 Å². The molecule has 1 aliphatic rings. The van der Waals surface area contributed by atoms with E-state index in [0.29, 0.717) is 5.56 Å². The number of benzene rings is 1. The fourth-order valence-electron chi connectivity index (χ4n) is 2.24. The number of nitrogens with one attached hydrogen (secondary N) is 2. The number of carbonyl (C=O) groups excluding carboxylic acids is 2. The van der Waals surface area contributed by atoms with Gasteiger partial charge in [-0.3, -0.25) is 9.59 Å². The van der Waals surface area contributed by atoms with Crippen LogP contribution in [-0.4, -0.2) is 24.4 Å². The molecule has 0 saturated carbocycles. The predicted octanol–water partition coefficient (Wildman–Crippen LogP) is 1.32. The van der Waals surface area contributed by atoms with E-state index in [9.17, 15) is 9.59 Å². The monoisotopic (exact) mass is 297 g/mol. The second kappa shape index (κ2) is 6.61. The number of halogens is 1. The van der Waals surface area contributed by atoms with Crippen molar-refractivity contribution in [2.75, 3.05) is 11.9 Å². The van der Waals surface area contributed by atoms with E-state index < -0.39 is 11.9 Å². The summed E-state index contributed by atoms with van der Waals surface area (Å²) in [5, 5.41) is 5.93. The lowest BCUT2D eigenvalue weighted by Crippen LogP contribution is -2.47. The largest absolute Gasteiger partial charge is 0.384 e. The summed E-state index contributed by atoms with van der Waals surface area (Å²) >= 11 is 0. The van der Waals surface area contributed by atoms with Crippen LogP contribution in [0.3, 0.4) is 0 Å². The Morgan fingerprint density at radius 3 is 2.65 bits per heavy atom. The minimum absolute atomic E-state index is 0. The molecule has 1 aromatic carbocycles. The average Bonchev–Trinajstić information content (AvgIpc) is 2.81. The van der Waals surface area contributed by atoms with Gasteiger partial charge >= 0.3 is 0 Å². The molecule has 0 spiro atoms. The Hall–Kier alpha value is -1.75. The van der Waals surface area contributed by atoms with Crippen molar-refractivity contribution in [3.8, 4) is 0 Å². The van der Waals surface area contributed by atoms with Crippen LogP contribution in [-0.2, 0) is 11.2 Å². The fourth-order valence-corrected chi connectivity index (χ4v) is 2.24. The van der Waals surface area contributed by atoms with Gasteiger partial charge in [-0.05, 0) is 36.1 Å². The molecule has 0 fully saturated rings. The van der Waals surface area contributed by atoms with Gasteiger partial charge in [-0.15, -0.1) is 12.4 Å². The summed E-state index contributed by atoms with van der Waals surface area (Å²) in [5.74, 6) is -0.795. The van der Waals surface area contributed by atoms with Crippen molar-refractivity contribution in [1.82, 2.24) is 5.32 Å². The van der Waals surface area contributed by atoms with Gasteiger partial charge in [-0.2, -0.15) is 0 Å². The Labute approximate surface area is 124 Å². The number of fused-ring (bicyclic) bond motifs is 1. The molecule has 6 heteroatoms. The van der Waals surface area contributed by atoms with Crippen molar-refractivity contribution < 1.29 is 9.59 Å². The molecule has 20 heavy (non-hydrogen) atoms. The number of hydrogen-bond donors (Lipinski definition) is 3. The number of nitrogens with two attached hydrogens (primary N) is 1. The van der Waals surface area contributed by atoms with Gasteiger partial charge in [0.1, 0.15) is 6.04 Å². The first-order chi connectivity index (χ1) is 8.99. The first kappa shape index (κ1) is 16.3. The maximum atomic E-state index is 12.1. The molecule has 0 radical (unpaired) electrons. The number of anilines is 1. The lowest BCUT2D eigenvalue weighted by Gasteiger charge is -2.19. The Morgan fingerprint density at radius 1 is 1.35 bits per heavy atom. The molecule has 1 atom stereocenters. The minimum atomic E-state index is -0.640. The first-order valence-electron chi connectivity index (χ1n) is 6.46. The molecule has 0 aliphatic carbocycles. The van der Waals surface area contributed by atoms with Gasteiger partial charge < -0.3 is 16.4 Å². The molecule has 2 rings (SSSR count). The van der Waals surface area contributed by atoms with Gasteiger partial charge in [0.25, 0.3) is 5.91 Å². The zero-order valence-corrected chi connectivity index (χ0v) is 12.4. The third-order valence-electron chi connectivity index (χ3n) is 3.34. The van der Waals surface area contributed by atoms with Gasteiger partial charge in [0, 0.05) is 17.8 Å². The molecule has 1 heterocycles. The minimum Gasteiger partial charge on any atom is -0.384 e. The number of carbonyl (C=O) groups is 2. The van der Waals surface area contributed by atoms with E-state index >= 15 is 0 Å². The summed E-state index contributed by atoms with van der Waals surface area (Å²) in [7, 11) is 0. The molecule has 0 aromatic heterocycles. The van der Waals surface area contributed by atoms with E-state index in [1.165, 1.54) is 0 Å². The second-order valence-corrected chi connectivity index (χ2v) is 5.15. The highest BCUT2D eigenvalue weighted by Gasteiger charge is 2.22. The van der Waals surface area contributed by atoms with Crippen molar-refractivity contribution in [3.05, 3.63) is 29.3 Å². The highest BCUT2D eigenvalue weighted by molar-refractivity contribution is 5.98. The van der Waals surface area contributed by atoms with Gasteiger partial charge in [0.2, 0.25) is 5.91 Å². The van der Waals surface area contributed by atoms with Crippen LogP contribution < -0.4 is 16.4 Å².